The lowest BCUT2D eigenvalue weighted by Crippen LogP contribution is -2.44. The molecule has 5 nitrogen and oxygen atoms in total. The summed E-state index contributed by atoms with van der Waals surface area (Å²) >= 11 is 0. The van der Waals surface area contributed by atoms with Crippen molar-refractivity contribution in [2.45, 2.75) is 51.5 Å². The van der Waals surface area contributed by atoms with Gasteiger partial charge < -0.3 is 14.7 Å². The standard InChI is InChI=1S/C19H27NO4/c1-14-5-3-4-6-17(14)15(2)13-18(21)20(10-7-19(22)23)16-8-11-24-12-9-16/h3-6,15-16H,7-13H2,1-2H3,(H,22,23)/t15-/m1/s1. The Morgan fingerprint density at radius 1 is 1.29 bits per heavy atom. The normalized spacial score (nSPS) is 16.6. The number of benzene rings is 1. The molecule has 1 aromatic carbocycles. The highest BCUT2D eigenvalue weighted by Gasteiger charge is 2.27. The molecule has 1 atom stereocenters. The van der Waals surface area contributed by atoms with Crippen molar-refractivity contribution in [2.75, 3.05) is 19.8 Å². The number of amides is 1. The first kappa shape index (κ1) is 18.5. The Morgan fingerprint density at radius 3 is 2.58 bits per heavy atom. The number of carboxylic acids is 1. The molecular formula is C19H27NO4. The summed E-state index contributed by atoms with van der Waals surface area (Å²) in [5, 5.41) is 8.98. The van der Waals surface area contributed by atoms with Crippen LogP contribution in [0.2, 0.25) is 0 Å². The summed E-state index contributed by atoms with van der Waals surface area (Å²) in [6.07, 6.45) is 1.96. The number of nitrogens with zero attached hydrogens (tertiary/aromatic N) is 1. The maximum Gasteiger partial charge on any atom is 0.305 e. The monoisotopic (exact) mass is 333 g/mol. The second kappa shape index (κ2) is 8.83. The minimum atomic E-state index is -0.869. The second-order valence-electron chi connectivity index (χ2n) is 6.54. The summed E-state index contributed by atoms with van der Waals surface area (Å²) in [6, 6.07) is 8.19. The molecule has 1 heterocycles. The van der Waals surface area contributed by atoms with Crippen LogP contribution in [0.5, 0.6) is 0 Å². The third kappa shape index (κ3) is 5.06. The molecule has 1 fully saturated rings. The molecule has 1 aliphatic rings. The van der Waals surface area contributed by atoms with Gasteiger partial charge in [0.2, 0.25) is 5.91 Å². The lowest BCUT2D eigenvalue weighted by molar-refractivity contribution is -0.140. The largest absolute Gasteiger partial charge is 0.481 e. The van der Waals surface area contributed by atoms with Crippen LogP contribution in [0.3, 0.4) is 0 Å². The van der Waals surface area contributed by atoms with Crippen molar-refractivity contribution in [3.05, 3.63) is 35.4 Å². The smallest absolute Gasteiger partial charge is 0.305 e. The van der Waals surface area contributed by atoms with Gasteiger partial charge in [0.15, 0.2) is 0 Å². The molecule has 0 unspecified atom stereocenters. The number of ether oxygens (including phenoxy) is 1. The van der Waals surface area contributed by atoms with Crippen LogP contribution >= 0.6 is 0 Å². The minimum absolute atomic E-state index is 0.0121. The topological polar surface area (TPSA) is 66.8 Å². The van der Waals surface area contributed by atoms with E-state index in [2.05, 4.69) is 26.0 Å². The van der Waals surface area contributed by atoms with Gasteiger partial charge in [-0.25, -0.2) is 0 Å². The van der Waals surface area contributed by atoms with Crippen molar-refractivity contribution >= 4 is 11.9 Å². The van der Waals surface area contributed by atoms with Gasteiger partial charge in [-0.3, -0.25) is 9.59 Å². The van der Waals surface area contributed by atoms with Crippen LogP contribution in [0.15, 0.2) is 24.3 Å². The summed E-state index contributed by atoms with van der Waals surface area (Å²) in [4.78, 5) is 25.5. The molecule has 1 aromatic rings. The fourth-order valence-corrected chi connectivity index (χ4v) is 3.35. The molecule has 1 saturated heterocycles. The Bertz CT molecular complexity index is 566. The van der Waals surface area contributed by atoms with Crippen molar-refractivity contribution in [1.29, 1.82) is 0 Å². The molecule has 1 aliphatic heterocycles. The van der Waals surface area contributed by atoms with Gasteiger partial charge in [0.1, 0.15) is 0 Å². The van der Waals surface area contributed by atoms with Crippen molar-refractivity contribution < 1.29 is 19.4 Å². The quantitative estimate of drug-likeness (QED) is 0.833. The van der Waals surface area contributed by atoms with Crippen molar-refractivity contribution in [1.82, 2.24) is 4.90 Å². The fraction of sp³-hybridized carbons (Fsp3) is 0.579. The first-order valence-corrected chi connectivity index (χ1v) is 8.63. The maximum absolute atomic E-state index is 12.8. The van der Waals surface area contributed by atoms with E-state index in [-0.39, 0.29) is 30.8 Å². The number of hydrogen-bond donors (Lipinski definition) is 1. The molecule has 1 N–H and O–H groups in total. The first-order valence-electron chi connectivity index (χ1n) is 8.63. The molecule has 0 aliphatic carbocycles. The van der Waals surface area contributed by atoms with E-state index in [1.165, 1.54) is 11.1 Å². The van der Waals surface area contributed by atoms with Gasteiger partial charge in [0.25, 0.3) is 0 Å². The molecule has 0 aromatic heterocycles. The lowest BCUT2D eigenvalue weighted by atomic mass is 9.93. The molecule has 0 spiro atoms. The lowest BCUT2D eigenvalue weighted by Gasteiger charge is -2.35. The molecular weight excluding hydrogens is 306 g/mol. The zero-order valence-corrected chi connectivity index (χ0v) is 14.5. The van der Waals surface area contributed by atoms with Gasteiger partial charge in [-0.2, -0.15) is 0 Å². The van der Waals surface area contributed by atoms with Gasteiger partial charge in [-0.05, 0) is 36.8 Å². The van der Waals surface area contributed by atoms with E-state index < -0.39 is 5.97 Å². The van der Waals surface area contributed by atoms with E-state index >= 15 is 0 Å². The number of aryl methyl sites for hydroxylation is 1. The number of rotatable bonds is 7. The Hall–Kier alpha value is -1.88. The van der Waals surface area contributed by atoms with E-state index in [4.69, 9.17) is 9.84 Å². The SMILES string of the molecule is Cc1ccccc1[C@H](C)CC(=O)N(CCC(=O)O)C1CCOCC1. The number of hydrogen-bond acceptors (Lipinski definition) is 3. The average Bonchev–Trinajstić information content (AvgIpc) is 2.56. The summed E-state index contributed by atoms with van der Waals surface area (Å²) in [5.41, 5.74) is 2.36. The van der Waals surface area contributed by atoms with E-state index in [1.807, 2.05) is 12.1 Å². The fourth-order valence-electron chi connectivity index (χ4n) is 3.35. The van der Waals surface area contributed by atoms with E-state index in [0.717, 1.165) is 12.8 Å². The van der Waals surface area contributed by atoms with Crippen LogP contribution in [0.4, 0.5) is 0 Å². The molecule has 132 valence electrons. The van der Waals surface area contributed by atoms with Gasteiger partial charge >= 0.3 is 5.97 Å². The first-order chi connectivity index (χ1) is 11.5. The number of carbonyl (C=O) groups excluding carboxylic acids is 1. The highest BCUT2D eigenvalue weighted by atomic mass is 16.5. The number of carboxylic acid groups (broad SMARTS) is 1. The molecule has 24 heavy (non-hydrogen) atoms. The minimum Gasteiger partial charge on any atom is -0.481 e. The average molecular weight is 333 g/mol. The Kier molecular flexibility index (Phi) is 6.79. The molecule has 5 heteroatoms. The molecule has 0 bridgehead atoms. The van der Waals surface area contributed by atoms with Crippen LogP contribution < -0.4 is 0 Å². The van der Waals surface area contributed by atoms with Crippen LogP contribution in [-0.4, -0.2) is 47.7 Å². The predicted octanol–water partition coefficient (Wildman–Crippen LogP) is 2.97. The van der Waals surface area contributed by atoms with Crippen LogP contribution in [0.25, 0.3) is 0 Å². The molecule has 1 amide bonds. The summed E-state index contributed by atoms with van der Waals surface area (Å²) in [7, 11) is 0. The Balaban J connectivity index is 2.05. The van der Waals surface area contributed by atoms with Crippen LogP contribution in [0, 0.1) is 6.92 Å². The van der Waals surface area contributed by atoms with Gasteiger partial charge in [0.05, 0.1) is 6.42 Å². The number of carbonyl (C=O) groups is 2. The Morgan fingerprint density at radius 2 is 1.96 bits per heavy atom. The highest BCUT2D eigenvalue weighted by Crippen LogP contribution is 2.25. The van der Waals surface area contributed by atoms with Gasteiger partial charge in [-0.15, -0.1) is 0 Å². The predicted molar refractivity (Wildman–Crippen MR) is 92.0 cm³/mol. The number of aliphatic carboxylic acids is 1. The molecule has 0 saturated carbocycles. The summed E-state index contributed by atoms with van der Waals surface area (Å²) in [6.45, 7) is 5.65. The second-order valence-corrected chi connectivity index (χ2v) is 6.54. The van der Waals surface area contributed by atoms with Gasteiger partial charge in [0, 0.05) is 32.2 Å². The van der Waals surface area contributed by atoms with E-state index in [9.17, 15) is 9.59 Å². The zero-order chi connectivity index (χ0) is 17.5. The molecule has 2 rings (SSSR count). The zero-order valence-electron chi connectivity index (χ0n) is 14.5. The highest BCUT2D eigenvalue weighted by molar-refractivity contribution is 5.78. The summed E-state index contributed by atoms with van der Waals surface area (Å²) < 4.78 is 5.37. The van der Waals surface area contributed by atoms with Gasteiger partial charge in [-0.1, -0.05) is 31.2 Å². The van der Waals surface area contributed by atoms with Crippen LogP contribution in [0.1, 0.15) is 49.7 Å². The summed E-state index contributed by atoms with van der Waals surface area (Å²) in [5.74, 6) is -0.711. The third-order valence-electron chi connectivity index (χ3n) is 4.72. The third-order valence-corrected chi connectivity index (χ3v) is 4.72. The van der Waals surface area contributed by atoms with Crippen molar-refractivity contribution in [2.24, 2.45) is 0 Å². The van der Waals surface area contributed by atoms with Crippen LogP contribution in [-0.2, 0) is 14.3 Å². The Labute approximate surface area is 143 Å². The van der Waals surface area contributed by atoms with E-state index in [0.29, 0.717) is 19.6 Å². The van der Waals surface area contributed by atoms with Crippen molar-refractivity contribution in [3.8, 4) is 0 Å². The van der Waals surface area contributed by atoms with E-state index in [1.54, 1.807) is 4.90 Å². The van der Waals surface area contributed by atoms with Crippen molar-refractivity contribution in [3.63, 3.8) is 0 Å². The maximum atomic E-state index is 12.8. The molecule has 0 radical (unpaired) electrons.